The van der Waals surface area contributed by atoms with Crippen molar-refractivity contribution in [3.8, 4) is 0 Å². The predicted molar refractivity (Wildman–Crippen MR) is 79.1 cm³/mol. The molecule has 20 heavy (non-hydrogen) atoms. The lowest BCUT2D eigenvalue weighted by molar-refractivity contribution is -0.119. The lowest BCUT2D eigenvalue weighted by Gasteiger charge is -2.24. The van der Waals surface area contributed by atoms with Crippen LogP contribution in [0, 0.1) is 5.82 Å². The number of carbonyl (C=O) groups is 1. The number of hydrogen-bond acceptors (Lipinski definition) is 2. The van der Waals surface area contributed by atoms with Crippen molar-refractivity contribution in [2.75, 3.05) is 5.32 Å². The summed E-state index contributed by atoms with van der Waals surface area (Å²) in [6, 6.07) is 5.44. The van der Waals surface area contributed by atoms with E-state index in [0.717, 1.165) is 18.5 Å². The molecule has 3 nitrogen and oxygen atoms in total. The van der Waals surface area contributed by atoms with Gasteiger partial charge in [0.05, 0.1) is 5.92 Å². The first-order chi connectivity index (χ1) is 9.61. The summed E-state index contributed by atoms with van der Waals surface area (Å²) in [5.74, 6) is -1.37. The lowest BCUT2D eigenvalue weighted by Crippen LogP contribution is -2.23. The maximum Gasteiger partial charge on any atom is 0.225 e. The van der Waals surface area contributed by atoms with Crippen molar-refractivity contribution in [2.45, 2.75) is 57.4 Å². The first kappa shape index (κ1) is 14.8. The molecule has 110 valence electrons. The van der Waals surface area contributed by atoms with Gasteiger partial charge in [0.2, 0.25) is 5.91 Å². The molecule has 1 aromatic carbocycles. The van der Waals surface area contributed by atoms with Gasteiger partial charge in [-0.2, -0.15) is 0 Å². The maximum atomic E-state index is 14.2. The average molecular weight is 278 g/mol. The molecule has 0 aliphatic heterocycles. The fourth-order valence-corrected chi connectivity index (χ4v) is 2.96. The number of carbonyl (C=O) groups excluding carboxylic acids is 1. The third-order valence-electron chi connectivity index (χ3n) is 4.10. The minimum Gasteiger partial charge on any atom is -0.382 e. The van der Waals surface area contributed by atoms with Crippen molar-refractivity contribution in [3.63, 3.8) is 0 Å². The molecule has 1 unspecified atom stereocenters. The van der Waals surface area contributed by atoms with Gasteiger partial charge in [-0.05, 0) is 31.4 Å². The van der Waals surface area contributed by atoms with Crippen molar-refractivity contribution in [2.24, 2.45) is 5.73 Å². The lowest BCUT2D eigenvalue weighted by atomic mass is 9.94. The summed E-state index contributed by atoms with van der Waals surface area (Å²) in [5.41, 5.74) is 6.50. The number of benzene rings is 1. The topological polar surface area (TPSA) is 55.1 Å². The summed E-state index contributed by atoms with van der Waals surface area (Å²) in [6.07, 6.45) is 6.56. The minimum absolute atomic E-state index is 0.351. The minimum atomic E-state index is -0.543. The number of amides is 1. The normalized spacial score (nSPS) is 17.7. The SMILES string of the molecule is CCC(C(N)=O)c1ccc(NC2CCCCC2)cc1F. The Kier molecular flexibility index (Phi) is 4.99. The van der Waals surface area contributed by atoms with E-state index in [4.69, 9.17) is 5.73 Å². The molecular formula is C16H23FN2O. The Morgan fingerprint density at radius 2 is 2.10 bits per heavy atom. The van der Waals surface area contributed by atoms with E-state index in [-0.39, 0.29) is 5.82 Å². The fraction of sp³-hybridized carbons (Fsp3) is 0.562. The summed E-state index contributed by atoms with van der Waals surface area (Å²) in [4.78, 5) is 11.3. The van der Waals surface area contributed by atoms with Crippen molar-refractivity contribution in [1.82, 2.24) is 0 Å². The second-order valence-electron chi connectivity index (χ2n) is 5.58. The van der Waals surface area contributed by atoms with Crippen LogP contribution in [-0.2, 0) is 4.79 Å². The molecule has 2 rings (SSSR count). The molecule has 0 heterocycles. The summed E-state index contributed by atoms with van der Waals surface area (Å²) in [7, 11) is 0. The highest BCUT2D eigenvalue weighted by Gasteiger charge is 2.20. The van der Waals surface area contributed by atoms with Crippen LogP contribution in [0.15, 0.2) is 18.2 Å². The molecule has 0 spiro atoms. The molecule has 4 heteroatoms. The van der Waals surface area contributed by atoms with Crippen molar-refractivity contribution < 1.29 is 9.18 Å². The Hall–Kier alpha value is -1.58. The van der Waals surface area contributed by atoms with Crippen LogP contribution in [0.1, 0.15) is 56.9 Å². The molecule has 1 aromatic rings. The van der Waals surface area contributed by atoms with Gasteiger partial charge in [0.15, 0.2) is 0 Å². The van der Waals surface area contributed by atoms with Gasteiger partial charge in [0.1, 0.15) is 5.82 Å². The van der Waals surface area contributed by atoms with Crippen LogP contribution < -0.4 is 11.1 Å². The smallest absolute Gasteiger partial charge is 0.225 e. The van der Waals surface area contributed by atoms with Gasteiger partial charge in [-0.15, -0.1) is 0 Å². The summed E-state index contributed by atoms with van der Waals surface area (Å²) >= 11 is 0. The largest absolute Gasteiger partial charge is 0.382 e. The van der Waals surface area contributed by atoms with Crippen LogP contribution >= 0.6 is 0 Å². The average Bonchev–Trinajstić information content (AvgIpc) is 2.43. The van der Waals surface area contributed by atoms with Crippen LogP contribution in [0.3, 0.4) is 0 Å². The Bertz CT molecular complexity index is 470. The zero-order chi connectivity index (χ0) is 14.5. The highest BCUT2D eigenvalue weighted by atomic mass is 19.1. The van der Waals surface area contributed by atoms with E-state index < -0.39 is 11.8 Å². The van der Waals surface area contributed by atoms with Crippen LogP contribution in [0.25, 0.3) is 0 Å². The number of rotatable bonds is 5. The number of anilines is 1. The van der Waals surface area contributed by atoms with E-state index in [0.29, 0.717) is 18.0 Å². The molecule has 1 aliphatic carbocycles. The van der Waals surface area contributed by atoms with Gasteiger partial charge >= 0.3 is 0 Å². The zero-order valence-electron chi connectivity index (χ0n) is 12.0. The van der Waals surface area contributed by atoms with Gasteiger partial charge in [0, 0.05) is 17.3 Å². The van der Waals surface area contributed by atoms with Crippen LogP contribution in [-0.4, -0.2) is 11.9 Å². The first-order valence-electron chi connectivity index (χ1n) is 7.47. The molecule has 1 saturated carbocycles. The van der Waals surface area contributed by atoms with E-state index in [9.17, 15) is 9.18 Å². The molecule has 1 aliphatic rings. The molecule has 3 N–H and O–H groups in total. The highest BCUT2D eigenvalue weighted by Crippen LogP contribution is 2.27. The molecule has 0 radical (unpaired) electrons. The van der Waals surface area contributed by atoms with Crippen molar-refractivity contribution in [1.29, 1.82) is 0 Å². The molecule has 1 amide bonds. The maximum absolute atomic E-state index is 14.2. The first-order valence-corrected chi connectivity index (χ1v) is 7.47. The van der Waals surface area contributed by atoms with E-state index in [1.54, 1.807) is 6.07 Å². The molecule has 1 fully saturated rings. The highest BCUT2D eigenvalue weighted by molar-refractivity contribution is 5.82. The number of nitrogens with one attached hydrogen (secondary N) is 1. The standard InChI is InChI=1S/C16H23FN2O/c1-2-13(16(18)20)14-9-8-12(10-15(14)17)19-11-6-4-3-5-7-11/h8-11,13,19H,2-7H2,1H3,(H2,18,20). The molecular weight excluding hydrogens is 255 g/mol. The zero-order valence-corrected chi connectivity index (χ0v) is 12.0. The van der Waals surface area contributed by atoms with Gasteiger partial charge in [-0.25, -0.2) is 4.39 Å². The van der Waals surface area contributed by atoms with Gasteiger partial charge < -0.3 is 11.1 Å². The van der Waals surface area contributed by atoms with Crippen LogP contribution in [0.4, 0.5) is 10.1 Å². The fourth-order valence-electron chi connectivity index (χ4n) is 2.96. The second-order valence-corrected chi connectivity index (χ2v) is 5.58. The third kappa shape index (κ3) is 3.50. The Morgan fingerprint density at radius 1 is 1.40 bits per heavy atom. The summed E-state index contributed by atoms with van der Waals surface area (Å²) in [5, 5.41) is 3.38. The number of hydrogen-bond donors (Lipinski definition) is 2. The molecule has 1 atom stereocenters. The molecule has 0 bridgehead atoms. The van der Waals surface area contributed by atoms with Crippen molar-refractivity contribution >= 4 is 11.6 Å². The number of primary amides is 1. The number of halogens is 1. The van der Waals surface area contributed by atoms with E-state index in [1.165, 1.54) is 25.3 Å². The van der Waals surface area contributed by atoms with E-state index >= 15 is 0 Å². The van der Waals surface area contributed by atoms with Crippen LogP contribution in [0.5, 0.6) is 0 Å². The summed E-state index contributed by atoms with van der Waals surface area (Å²) in [6.45, 7) is 1.84. The Labute approximate surface area is 119 Å². The number of nitrogens with two attached hydrogens (primary N) is 1. The molecule has 0 saturated heterocycles. The quantitative estimate of drug-likeness (QED) is 0.865. The predicted octanol–water partition coefficient (Wildman–Crippen LogP) is 3.55. The second kappa shape index (κ2) is 6.73. The third-order valence-corrected chi connectivity index (χ3v) is 4.10. The molecule has 0 aromatic heterocycles. The Balaban J connectivity index is 2.10. The van der Waals surface area contributed by atoms with Gasteiger partial charge in [-0.3, -0.25) is 4.79 Å². The van der Waals surface area contributed by atoms with Gasteiger partial charge in [-0.1, -0.05) is 32.3 Å². The van der Waals surface area contributed by atoms with Crippen LogP contribution in [0.2, 0.25) is 0 Å². The van der Waals surface area contributed by atoms with E-state index in [1.807, 2.05) is 13.0 Å². The van der Waals surface area contributed by atoms with E-state index in [2.05, 4.69) is 5.32 Å². The van der Waals surface area contributed by atoms with Gasteiger partial charge in [0.25, 0.3) is 0 Å². The Morgan fingerprint density at radius 3 is 2.65 bits per heavy atom. The summed E-state index contributed by atoms with van der Waals surface area (Å²) < 4.78 is 14.2. The van der Waals surface area contributed by atoms with Crippen molar-refractivity contribution in [3.05, 3.63) is 29.6 Å². The monoisotopic (exact) mass is 278 g/mol.